The van der Waals surface area contributed by atoms with Crippen LogP contribution in [0.5, 0.6) is 0 Å². The van der Waals surface area contributed by atoms with Gasteiger partial charge >= 0.3 is 0 Å². The van der Waals surface area contributed by atoms with Gasteiger partial charge in [0.15, 0.2) is 0 Å². The fraction of sp³-hybridized carbons (Fsp3) is 0.923. The summed E-state index contributed by atoms with van der Waals surface area (Å²) in [7, 11) is 0. The molecule has 2 N–H and O–H groups in total. The molecule has 0 spiro atoms. The van der Waals surface area contributed by atoms with E-state index in [0.717, 1.165) is 6.42 Å². The lowest BCUT2D eigenvalue weighted by atomic mass is 10.1. The second-order valence-corrected chi connectivity index (χ2v) is 4.92. The highest BCUT2D eigenvalue weighted by atomic mass is 32.1. The van der Waals surface area contributed by atoms with Crippen LogP contribution in [0.1, 0.15) is 77.6 Å². The molecule has 0 rings (SSSR count). The van der Waals surface area contributed by atoms with Gasteiger partial charge in [0.05, 0.1) is 4.99 Å². The Morgan fingerprint density at radius 1 is 0.800 bits per heavy atom. The summed E-state index contributed by atoms with van der Waals surface area (Å²) in [4.78, 5) is 0.676. The molecule has 0 saturated heterocycles. The van der Waals surface area contributed by atoms with E-state index < -0.39 is 0 Å². The van der Waals surface area contributed by atoms with Crippen molar-refractivity contribution < 1.29 is 0 Å². The molecule has 0 saturated carbocycles. The van der Waals surface area contributed by atoms with Crippen LogP contribution in [0.25, 0.3) is 0 Å². The third-order valence-corrected chi connectivity index (χ3v) is 2.98. The number of nitrogens with two attached hydrogens (primary N) is 1. The van der Waals surface area contributed by atoms with Crippen molar-refractivity contribution in [1.29, 1.82) is 0 Å². The van der Waals surface area contributed by atoms with Crippen LogP contribution in [0, 0.1) is 0 Å². The zero-order valence-corrected chi connectivity index (χ0v) is 11.1. The Balaban J connectivity index is 2.89. The lowest BCUT2D eigenvalue weighted by Crippen LogP contribution is -2.06. The minimum Gasteiger partial charge on any atom is -0.393 e. The molecule has 0 aliphatic rings. The fourth-order valence-corrected chi connectivity index (χ4v) is 1.93. The van der Waals surface area contributed by atoms with E-state index in [1.165, 1.54) is 64.2 Å². The average Bonchev–Trinajstić information content (AvgIpc) is 2.20. The molecule has 2 heteroatoms. The highest BCUT2D eigenvalue weighted by Crippen LogP contribution is 2.11. The van der Waals surface area contributed by atoms with Gasteiger partial charge < -0.3 is 5.73 Å². The van der Waals surface area contributed by atoms with Gasteiger partial charge in [-0.05, 0) is 12.8 Å². The van der Waals surface area contributed by atoms with Gasteiger partial charge in [-0.2, -0.15) is 0 Å². The second kappa shape index (κ2) is 12.0. The van der Waals surface area contributed by atoms with Crippen LogP contribution in [0.4, 0.5) is 0 Å². The first kappa shape index (κ1) is 14.9. The van der Waals surface area contributed by atoms with Gasteiger partial charge in [-0.1, -0.05) is 76.9 Å². The van der Waals surface area contributed by atoms with Crippen molar-refractivity contribution in [3.8, 4) is 0 Å². The van der Waals surface area contributed by atoms with Crippen LogP contribution in [0.3, 0.4) is 0 Å². The molecule has 0 aliphatic heterocycles. The van der Waals surface area contributed by atoms with E-state index in [2.05, 4.69) is 6.92 Å². The minimum atomic E-state index is 0.676. The van der Waals surface area contributed by atoms with Crippen molar-refractivity contribution in [2.45, 2.75) is 77.6 Å². The Labute approximate surface area is 101 Å². The Bertz CT molecular complexity index is 145. The maximum Gasteiger partial charge on any atom is 0.0727 e. The Morgan fingerprint density at radius 3 is 1.60 bits per heavy atom. The summed E-state index contributed by atoms with van der Waals surface area (Å²) in [6, 6.07) is 0. The summed E-state index contributed by atoms with van der Waals surface area (Å²) < 4.78 is 0. The van der Waals surface area contributed by atoms with E-state index in [1.54, 1.807) is 0 Å². The molecular formula is C13H27NS. The Morgan fingerprint density at radius 2 is 1.20 bits per heavy atom. The van der Waals surface area contributed by atoms with Crippen LogP contribution in [0.2, 0.25) is 0 Å². The van der Waals surface area contributed by atoms with E-state index in [9.17, 15) is 0 Å². The molecule has 0 aromatic carbocycles. The van der Waals surface area contributed by atoms with Gasteiger partial charge in [-0.3, -0.25) is 0 Å². The normalized spacial score (nSPS) is 10.5. The zero-order valence-electron chi connectivity index (χ0n) is 10.3. The number of hydrogen-bond acceptors (Lipinski definition) is 1. The zero-order chi connectivity index (χ0) is 11.4. The Kier molecular flexibility index (Phi) is 11.9. The van der Waals surface area contributed by atoms with Crippen molar-refractivity contribution in [2.24, 2.45) is 5.73 Å². The molecule has 0 aromatic heterocycles. The molecule has 0 unspecified atom stereocenters. The van der Waals surface area contributed by atoms with Gasteiger partial charge in [0, 0.05) is 0 Å². The lowest BCUT2D eigenvalue weighted by molar-refractivity contribution is 0.559. The first-order valence-electron chi connectivity index (χ1n) is 6.55. The highest BCUT2D eigenvalue weighted by molar-refractivity contribution is 7.80. The van der Waals surface area contributed by atoms with Crippen molar-refractivity contribution in [3.05, 3.63) is 0 Å². The predicted octanol–water partition coefficient (Wildman–Crippen LogP) is 4.58. The van der Waals surface area contributed by atoms with Crippen LogP contribution in [-0.4, -0.2) is 4.99 Å². The minimum absolute atomic E-state index is 0.676. The van der Waals surface area contributed by atoms with E-state index in [1.807, 2.05) is 0 Å². The summed E-state index contributed by atoms with van der Waals surface area (Å²) in [5.74, 6) is 0. The van der Waals surface area contributed by atoms with Crippen molar-refractivity contribution in [3.63, 3.8) is 0 Å². The highest BCUT2D eigenvalue weighted by Gasteiger charge is 1.93. The molecule has 15 heavy (non-hydrogen) atoms. The number of thiocarbonyl (C=S) groups is 1. The largest absolute Gasteiger partial charge is 0.393 e. The SMILES string of the molecule is CCCCCCCCCCCCC(N)=S. The van der Waals surface area contributed by atoms with Crippen LogP contribution < -0.4 is 5.73 Å². The van der Waals surface area contributed by atoms with Gasteiger partial charge in [0.1, 0.15) is 0 Å². The molecule has 90 valence electrons. The average molecular weight is 229 g/mol. The molecule has 0 aliphatic carbocycles. The molecule has 0 bridgehead atoms. The summed E-state index contributed by atoms with van der Waals surface area (Å²) in [6.45, 7) is 2.27. The lowest BCUT2D eigenvalue weighted by Gasteiger charge is -2.01. The van der Waals surface area contributed by atoms with Gasteiger partial charge in [0.25, 0.3) is 0 Å². The molecule has 1 nitrogen and oxygen atoms in total. The monoisotopic (exact) mass is 229 g/mol. The molecule has 0 fully saturated rings. The molecule has 0 amide bonds. The first-order valence-corrected chi connectivity index (χ1v) is 6.96. The summed E-state index contributed by atoms with van der Waals surface area (Å²) >= 11 is 4.83. The molecule has 0 aromatic rings. The standard InChI is InChI=1S/C13H27NS/c1-2-3-4-5-6-7-8-9-10-11-12-13(14)15/h2-12H2,1H3,(H2,14,15). The predicted molar refractivity (Wildman–Crippen MR) is 73.2 cm³/mol. The summed E-state index contributed by atoms with van der Waals surface area (Å²) in [5.41, 5.74) is 5.43. The van der Waals surface area contributed by atoms with E-state index in [0.29, 0.717) is 4.99 Å². The van der Waals surface area contributed by atoms with E-state index in [-0.39, 0.29) is 0 Å². The van der Waals surface area contributed by atoms with Crippen molar-refractivity contribution in [2.75, 3.05) is 0 Å². The maximum atomic E-state index is 5.43. The maximum absolute atomic E-state index is 5.43. The molecule has 0 atom stereocenters. The second-order valence-electron chi connectivity index (χ2n) is 4.40. The first-order chi connectivity index (χ1) is 7.27. The fourth-order valence-electron chi connectivity index (χ4n) is 1.79. The number of rotatable bonds is 11. The Hall–Kier alpha value is -0.110. The van der Waals surface area contributed by atoms with Crippen LogP contribution in [-0.2, 0) is 0 Å². The molecule has 0 heterocycles. The number of unbranched alkanes of at least 4 members (excludes halogenated alkanes) is 9. The topological polar surface area (TPSA) is 26.0 Å². The quantitative estimate of drug-likeness (QED) is 0.414. The van der Waals surface area contributed by atoms with Gasteiger partial charge in [-0.25, -0.2) is 0 Å². The summed E-state index contributed by atoms with van der Waals surface area (Å²) in [5, 5.41) is 0. The van der Waals surface area contributed by atoms with E-state index in [4.69, 9.17) is 18.0 Å². The van der Waals surface area contributed by atoms with E-state index >= 15 is 0 Å². The number of hydrogen-bond donors (Lipinski definition) is 1. The van der Waals surface area contributed by atoms with Crippen LogP contribution in [0.15, 0.2) is 0 Å². The van der Waals surface area contributed by atoms with Crippen molar-refractivity contribution in [1.82, 2.24) is 0 Å². The van der Waals surface area contributed by atoms with Crippen LogP contribution >= 0.6 is 12.2 Å². The smallest absolute Gasteiger partial charge is 0.0727 e. The molecule has 0 radical (unpaired) electrons. The molecular weight excluding hydrogens is 202 g/mol. The summed E-state index contributed by atoms with van der Waals surface area (Å²) in [6.07, 6.45) is 14.6. The van der Waals surface area contributed by atoms with Crippen molar-refractivity contribution >= 4 is 17.2 Å². The van der Waals surface area contributed by atoms with Gasteiger partial charge in [0.2, 0.25) is 0 Å². The third kappa shape index (κ3) is 13.9. The van der Waals surface area contributed by atoms with Gasteiger partial charge in [-0.15, -0.1) is 0 Å². The third-order valence-electron chi connectivity index (χ3n) is 2.78.